The molecule has 2 aliphatic rings. The number of aromatic nitrogens is 2. The van der Waals surface area contributed by atoms with Gasteiger partial charge < -0.3 is 14.4 Å². The number of fused-ring (bicyclic) bond motifs is 1. The van der Waals surface area contributed by atoms with E-state index in [0.29, 0.717) is 42.3 Å². The summed E-state index contributed by atoms with van der Waals surface area (Å²) in [6.45, 7) is 4.16. The second-order valence-corrected chi connectivity index (χ2v) is 9.98. The normalized spacial score (nSPS) is 16.9. The van der Waals surface area contributed by atoms with Gasteiger partial charge in [0.2, 0.25) is 0 Å². The number of carbonyl (C=O) groups is 2. The molecule has 4 aromatic rings. The average Bonchev–Trinajstić information content (AvgIpc) is 3.54. The minimum absolute atomic E-state index is 0.0144. The van der Waals surface area contributed by atoms with Crippen LogP contribution in [0.15, 0.2) is 60.2 Å². The van der Waals surface area contributed by atoms with Crippen molar-refractivity contribution in [2.75, 3.05) is 39.3 Å². The molecule has 2 fully saturated rings. The fourth-order valence-electron chi connectivity index (χ4n) is 4.95. The van der Waals surface area contributed by atoms with E-state index in [4.69, 9.17) is 0 Å². The molecule has 0 radical (unpaired) electrons. The molecule has 4 heterocycles. The number of nitrogens with zero attached hydrogens (tertiary/aromatic N) is 5. The lowest BCUT2D eigenvalue weighted by molar-refractivity contribution is 0.00854. The summed E-state index contributed by atoms with van der Waals surface area (Å²) in [4.78, 5) is 35.7. The van der Waals surface area contributed by atoms with Gasteiger partial charge in [-0.15, -0.1) is 11.3 Å². The number of thiazole rings is 1. The standard InChI is InChI=1S/C26H23F2N5O2S/c27-19-2-3-21(28)23(14-19)33-7-5-17-13-18(1-4-22(17)33)25(34)32-15-20(16-32)30-8-10-31(11-9-30)26(35)24-29-6-12-36-24/h1-7,12-14,20H,8-11,15-16H2. The Morgan fingerprint density at radius 1 is 0.917 bits per heavy atom. The lowest BCUT2D eigenvalue weighted by Crippen LogP contribution is -2.64. The van der Waals surface area contributed by atoms with E-state index in [1.165, 1.54) is 11.3 Å². The van der Waals surface area contributed by atoms with Crippen molar-refractivity contribution < 1.29 is 18.4 Å². The minimum atomic E-state index is -0.519. The summed E-state index contributed by atoms with van der Waals surface area (Å²) in [5, 5.41) is 3.11. The van der Waals surface area contributed by atoms with Gasteiger partial charge in [0, 0.05) is 80.1 Å². The maximum absolute atomic E-state index is 14.3. The molecule has 7 nitrogen and oxygen atoms in total. The van der Waals surface area contributed by atoms with Crippen LogP contribution in [0.5, 0.6) is 0 Å². The lowest BCUT2D eigenvalue weighted by Gasteiger charge is -2.48. The molecule has 0 spiro atoms. The van der Waals surface area contributed by atoms with Crippen molar-refractivity contribution in [2.45, 2.75) is 6.04 Å². The Labute approximate surface area is 210 Å². The molecular weight excluding hydrogens is 484 g/mol. The number of hydrogen-bond acceptors (Lipinski definition) is 5. The van der Waals surface area contributed by atoms with Crippen molar-refractivity contribution >= 4 is 34.1 Å². The molecule has 2 aromatic heterocycles. The fourth-order valence-corrected chi connectivity index (χ4v) is 5.55. The minimum Gasteiger partial charge on any atom is -0.335 e. The van der Waals surface area contributed by atoms with Crippen LogP contribution in [0.3, 0.4) is 0 Å². The Morgan fingerprint density at radius 2 is 1.72 bits per heavy atom. The summed E-state index contributed by atoms with van der Waals surface area (Å²) in [6.07, 6.45) is 3.32. The quantitative estimate of drug-likeness (QED) is 0.423. The zero-order valence-electron chi connectivity index (χ0n) is 19.3. The van der Waals surface area contributed by atoms with Gasteiger partial charge in [0.1, 0.15) is 11.6 Å². The van der Waals surface area contributed by atoms with Crippen molar-refractivity contribution in [1.82, 2.24) is 24.3 Å². The van der Waals surface area contributed by atoms with Crippen LogP contribution in [0, 0.1) is 11.6 Å². The molecule has 0 saturated carbocycles. The number of benzene rings is 2. The van der Waals surface area contributed by atoms with Gasteiger partial charge in [-0.1, -0.05) is 0 Å². The number of likely N-dealkylation sites (tertiary alicyclic amines) is 1. The highest BCUT2D eigenvalue weighted by Crippen LogP contribution is 2.26. The Kier molecular flexibility index (Phi) is 5.77. The Bertz CT molecular complexity index is 1440. The average molecular weight is 508 g/mol. The van der Waals surface area contributed by atoms with Crippen molar-refractivity contribution in [3.8, 4) is 5.69 Å². The van der Waals surface area contributed by atoms with Crippen molar-refractivity contribution in [3.63, 3.8) is 0 Å². The highest BCUT2D eigenvalue weighted by atomic mass is 32.1. The highest BCUT2D eigenvalue weighted by molar-refractivity contribution is 7.11. The summed E-state index contributed by atoms with van der Waals surface area (Å²) < 4.78 is 29.5. The van der Waals surface area contributed by atoms with Gasteiger partial charge >= 0.3 is 0 Å². The first-order valence-corrected chi connectivity index (χ1v) is 12.6. The van der Waals surface area contributed by atoms with Crippen molar-refractivity contribution in [2.24, 2.45) is 0 Å². The summed E-state index contributed by atoms with van der Waals surface area (Å²) in [6, 6.07) is 10.7. The first-order chi connectivity index (χ1) is 17.5. The van der Waals surface area contributed by atoms with E-state index in [9.17, 15) is 18.4 Å². The molecule has 0 bridgehead atoms. The first kappa shape index (κ1) is 22.8. The molecular formula is C26H23F2N5O2S. The van der Waals surface area contributed by atoms with Gasteiger partial charge in [0.25, 0.3) is 11.8 Å². The number of piperazine rings is 1. The lowest BCUT2D eigenvalue weighted by atomic mass is 10.0. The molecule has 0 unspecified atom stereocenters. The zero-order valence-corrected chi connectivity index (χ0v) is 20.1. The monoisotopic (exact) mass is 507 g/mol. The van der Waals surface area contributed by atoms with E-state index in [1.54, 1.807) is 46.6 Å². The molecule has 10 heteroatoms. The largest absolute Gasteiger partial charge is 0.335 e. The molecule has 2 aliphatic heterocycles. The predicted molar refractivity (Wildman–Crippen MR) is 132 cm³/mol. The van der Waals surface area contributed by atoms with Gasteiger partial charge in [0.05, 0.1) is 11.2 Å². The molecule has 2 amide bonds. The molecule has 0 aliphatic carbocycles. The molecule has 0 N–H and O–H groups in total. The maximum Gasteiger partial charge on any atom is 0.282 e. The van der Waals surface area contributed by atoms with Crippen LogP contribution in [-0.4, -0.2) is 81.4 Å². The molecule has 184 valence electrons. The summed E-state index contributed by atoms with van der Waals surface area (Å²) >= 11 is 1.36. The predicted octanol–water partition coefficient (Wildman–Crippen LogP) is 3.65. The first-order valence-electron chi connectivity index (χ1n) is 11.8. The van der Waals surface area contributed by atoms with Crippen LogP contribution < -0.4 is 0 Å². The van der Waals surface area contributed by atoms with Crippen LogP contribution in [0.2, 0.25) is 0 Å². The summed E-state index contributed by atoms with van der Waals surface area (Å²) in [5.41, 5.74) is 1.39. The summed E-state index contributed by atoms with van der Waals surface area (Å²) in [7, 11) is 0. The van der Waals surface area contributed by atoms with Gasteiger partial charge in [-0.3, -0.25) is 14.5 Å². The maximum atomic E-state index is 14.3. The van der Waals surface area contributed by atoms with Crippen LogP contribution in [0.1, 0.15) is 20.2 Å². The van der Waals surface area contributed by atoms with E-state index < -0.39 is 11.6 Å². The van der Waals surface area contributed by atoms with Crippen LogP contribution >= 0.6 is 11.3 Å². The topological polar surface area (TPSA) is 61.7 Å². The Hall–Kier alpha value is -3.63. The third-order valence-electron chi connectivity index (χ3n) is 6.99. The van der Waals surface area contributed by atoms with Gasteiger partial charge in [0.15, 0.2) is 5.01 Å². The number of halogens is 2. The Balaban J connectivity index is 1.08. The van der Waals surface area contributed by atoms with Crippen LogP contribution in [0.25, 0.3) is 16.6 Å². The van der Waals surface area contributed by atoms with E-state index >= 15 is 0 Å². The van der Waals surface area contributed by atoms with Crippen molar-refractivity contribution in [3.05, 3.63) is 82.4 Å². The van der Waals surface area contributed by atoms with Crippen LogP contribution in [0.4, 0.5) is 8.78 Å². The third kappa shape index (κ3) is 4.06. The smallest absolute Gasteiger partial charge is 0.282 e. The third-order valence-corrected chi connectivity index (χ3v) is 7.75. The van der Waals surface area contributed by atoms with Gasteiger partial charge in [-0.25, -0.2) is 13.8 Å². The van der Waals surface area contributed by atoms with Gasteiger partial charge in [-0.2, -0.15) is 0 Å². The van der Waals surface area contributed by atoms with E-state index in [0.717, 1.165) is 36.7 Å². The number of hydrogen-bond donors (Lipinski definition) is 0. The van der Waals surface area contributed by atoms with Gasteiger partial charge in [-0.05, 0) is 36.4 Å². The van der Waals surface area contributed by atoms with E-state index in [-0.39, 0.29) is 23.5 Å². The van der Waals surface area contributed by atoms with E-state index in [1.807, 2.05) is 9.80 Å². The Morgan fingerprint density at radius 3 is 2.47 bits per heavy atom. The zero-order chi connectivity index (χ0) is 24.8. The fraction of sp³-hybridized carbons (Fsp3) is 0.269. The molecule has 36 heavy (non-hydrogen) atoms. The molecule has 2 saturated heterocycles. The second kappa shape index (κ2) is 9.11. The number of rotatable bonds is 4. The number of amides is 2. The highest BCUT2D eigenvalue weighted by Gasteiger charge is 2.37. The summed E-state index contributed by atoms with van der Waals surface area (Å²) in [5.74, 6) is -1.09. The van der Waals surface area contributed by atoms with E-state index in [2.05, 4.69) is 9.88 Å². The molecule has 6 rings (SSSR count). The van der Waals surface area contributed by atoms with Crippen molar-refractivity contribution in [1.29, 1.82) is 0 Å². The SMILES string of the molecule is O=C(c1ccc2c(ccn2-c2cc(F)ccc2F)c1)N1CC(N2CCN(C(=O)c3nccs3)CC2)C1. The molecule has 0 atom stereocenters. The second-order valence-electron chi connectivity index (χ2n) is 9.08. The molecule has 2 aromatic carbocycles. The van der Waals surface area contributed by atoms with Crippen LogP contribution in [-0.2, 0) is 0 Å². The number of carbonyl (C=O) groups excluding carboxylic acids is 2.